The van der Waals surface area contributed by atoms with E-state index in [2.05, 4.69) is 0 Å². The fraction of sp³-hybridized carbons (Fsp3) is 0.875. The molecule has 0 radical (unpaired) electrons. The first-order valence-electron chi connectivity index (χ1n) is 7.94. The number of amides is 1. The number of carboxylic acids is 1. The van der Waals surface area contributed by atoms with Crippen LogP contribution in [-0.2, 0) is 14.3 Å². The molecule has 22 heavy (non-hydrogen) atoms. The van der Waals surface area contributed by atoms with Crippen LogP contribution >= 0.6 is 0 Å². The van der Waals surface area contributed by atoms with E-state index in [1.54, 1.807) is 0 Å². The molecule has 1 aliphatic rings. The second-order valence-electron chi connectivity index (χ2n) is 7.25. The molecular weight excluding hydrogens is 286 g/mol. The fourth-order valence-corrected chi connectivity index (χ4v) is 2.52. The van der Waals surface area contributed by atoms with Crippen molar-refractivity contribution in [2.45, 2.75) is 65.7 Å². The van der Waals surface area contributed by atoms with Crippen molar-refractivity contribution in [2.24, 2.45) is 11.8 Å². The minimum absolute atomic E-state index is 0.277. The fourth-order valence-electron chi connectivity index (χ4n) is 2.52. The summed E-state index contributed by atoms with van der Waals surface area (Å²) < 4.78 is 11.0. The molecule has 1 saturated heterocycles. The standard InChI is InChI=1S/C16H29NO5/c1-11(2)9-12(14(18)19)10-13-17(7-6-8-21-13)15(20)22-16(3,4)5/h11-13H,6-10H2,1-5H3,(H,18,19). The lowest BCUT2D eigenvalue weighted by Crippen LogP contribution is -2.49. The molecular formula is C16H29NO5. The van der Waals surface area contributed by atoms with Gasteiger partial charge < -0.3 is 14.6 Å². The van der Waals surface area contributed by atoms with Gasteiger partial charge in [0, 0.05) is 13.0 Å². The van der Waals surface area contributed by atoms with E-state index in [0.717, 1.165) is 6.42 Å². The highest BCUT2D eigenvalue weighted by atomic mass is 16.6. The summed E-state index contributed by atoms with van der Waals surface area (Å²) in [5, 5.41) is 9.37. The normalized spacial score (nSPS) is 20.8. The molecule has 6 nitrogen and oxygen atoms in total. The third kappa shape index (κ3) is 6.22. The van der Waals surface area contributed by atoms with Crippen molar-refractivity contribution in [2.75, 3.05) is 13.2 Å². The smallest absolute Gasteiger partial charge is 0.412 e. The Bertz CT molecular complexity index is 388. The van der Waals surface area contributed by atoms with Gasteiger partial charge in [0.05, 0.1) is 12.5 Å². The molecule has 0 aromatic heterocycles. The Morgan fingerprint density at radius 2 is 2.00 bits per heavy atom. The molecule has 0 aromatic rings. The van der Waals surface area contributed by atoms with Crippen LogP contribution in [0.5, 0.6) is 0 Å². The average molecular weight is 315 g/mol. The zero-order valence-electron chi connectivity index (χ0n) is 14.3. The summed E-state index contributed by atoms with van der Waals surface area (Å²) in [5.41, 5.74) is -0.580. The van der Waals surface area contributed by atoms with E-state index < -0.39 is 29.8 Å². The van der Waals surface area contributed by atoms with Gasteiger partial charge in [-0.15, -0.1) is 0 Å². The first kappa shape index (κ1) is 18.7. The number of nitrogens with zero attached hydrogens (tertiary/aromatic N) is 1. The molecule has 1 rings (SSSR count). The molecule has 6 heteroatoms. The molecule has 2 unspecified atom stereocenters. The third-order valence-electron chi connectivity index (χ3n) is 3.42. The number of carbonyl (C=O) groups is 2. The van der Waals surface area contributed by atoms with Gasteiger partial charge in [-0.3, -0.25) is 9.69 Å². The van der Waals surface area contributed by atoms with E-state index in [-0.39, 0.29) is 5.92 Å². The molecule has 0 bridgehead atoms. The molecule has 0 aliphatic carbocycles. The molecule has 1 N–H and O–H groups in total. The molecule has 1 aliphatic heterocycles. The van der Waals surface area contributed by atoms with Gasteiger partial charge >= 0.3 is 12.1 Å². The van der Waals surface area contributed by atoms with E-state index in [4.69, 9.17) is 9.47 Å². The molecule has 1 amide bonds. The van der Waals surface area contributed by atoms with Gasteiger partial charge in [-0.05, 0) is 39.5 Å². The van der Waals surface area contributed by atoms with E-state index in [9.17, 15) is 14.7 Å². The lowest BCUT2D eigenvalue weighted by atomic mass is 9.93. The van der Waals surface area contributed by atoms with Gasteiger partial charge in [0.2, 0.25) is 0 Å². The first-order valence-corrected chi connectivity index (χ1v) is 7.94. The number of aliphatic carboxylic acids is 1. The van der Waals surface area contributed by atoms with Gasteiger partial charge in [-0.2, -0.15) is 0 Å². The number of hydrogen-bond acceptors (Lipinski definition) is 4. The average Bonchev–Trinajstić information content (AvgIpc) is 2.35. The largest absolute Gasteiger partial charge is 0.481 e. The topological polar surface area (TPSA) is 76.1 Å². The highest BCUT2D eigenvalue weighted by molar-refractivity contribution is 5.71. The van der Waals surface area contributed by atoms with Crippen LogP contribution < -0.4 is 0 Å². The van der Waals surface area contributed by atoms with Crippen LogP contribution in [0.4, 0.5) is 4.79 Å². The summed E-state index contributed by atoms with van der Waals surface area (Å²) in [5.74, 6) is -1.08. The van der Waals surface area contributed by atoms with Crippen LogP contribution in [0.1, 0.15) is 53.9 Å². The lowest BCUT2D eigenvalue weighted by Gasteiger charge is -2.37. The minimum atomic E-state index is -0.841. The Labute approximate surface area is 132 Å². The van der Waals surface area contributed by atoms with Crippen molar-refractivity contribution in [3.63, 3.8) is 0 Å². The van der Waals surface area contributed by atoms with E-state index in [1.807, 2.05) is 34.6 Å². The number of carbonyl (C=O) groups excluding carboxylic acids is 1. The van der Waals surface area contributed by atoms with E-state index in [1.165, 1.54) is 4.90 Å². The molecule has 0 aromatic carbocycles. The molecule has 128 valence electrons. The Hall–Kier alpha value is -1.30. The summed E-state index contributed by atoms with van der Waals surface area (Å²) >= 11 is 0. The van der Waals surface area contributed by atoms with Crippen LogP contribution in [0.25, 0.3) is 0 Å². The maximum absolute atomic E-state index is 12.3. The number of hydrogen-bond donors (Lipinski definition) is 1. The van der Waals surface area contributed by atoms with Crippen molar-refractivity contribution in [3.05, 3.63) is 0 Å². The second kappa shape index (κ2) is 7.81. The number of rotatable bonds is 5. The highest BCUT2D eigenvalue weighted by Gasteiger charge is 2.34. The Balaban J connectivity index is 2.75. The maximum atomic E-state index is 12.3. The number of carboxylic acid groups (broad SMARTS) is 1. The van der Waals surface area contributed by atoms with Gasteiger partial charge in [-0.1, -0.05) is 13.8 Å². The summed E-state index contributed by atoms with van der Waals surface area (Å²) in [7, 11) is 0. The zero-order chi connectivity index (χ0) is 16.9. The van der Waals surface area contributed by atoms with Crippen LogP contribution in [-0.4, -0.2) is 47.0 Å². The van der Waals surface area contributed by atoms with Crippen molar-refractivity contribution in [3.8, 4) is 0 Å². The Kier molecular flexibility index (Phi) is 6.66. The van der Waals surface area contributed by atoms with Crippen LogP contribution in [0.2, 0.25) is 0 Å². The van der Waals surface area contributed by atoms with Gasteiger partial charge in [0.1, 0.15) is 11.8 Å². The quantitative estimate of drug-likeness (QED) is 0.843. The van der Waals surface area contributed by atoms with Crippen LogP contribution in [0.3, 0.4) is 0 Å². The predicted octanol–water partition coefficient (Wildman–Crippen LogP) is 3.11. The van der Waals surface area contributed by atoms with Crippen molar-refractivity contribution in [1.29, 1.82) is 0 Å². The zero-order valence-corrected chi connectivity index (χ0v) is 14.3. The SMILES string of the molecule is CC(C)CC(CC1OCCCN1C(=O)OC(C)(C)C)C(=O)O. The summed E-state index contributed by atoms with van der Waals surface area (Å²) in [6.45, 7) is 10.5. The van der Waals surface area contributed by atoms with Crippen molar-refractivity contribution < 1.29 is 24.2 Å². The molecule has 0 spiro atoms. The van der Waals surface area contributed by atoms with Crippen molar-refractivity contribution in [1.82, 2.24) is 4.90 Å². The van der Waals surface area contributed by atoms with Gasteiger partial charge in [-0.25, -0.2) is 4.79 Å². The first-order chi connectivity index (χ1) is 10.1. The van der Waals surface area contributed by atoms with Crippen LogP contribution in [0.15, 0.2) is 0 Å². The lowest BCUT2D eigenvalue weighted by molar-refractivity contribution is -0.148. The predicted molar refractivity (Wildman–Crippen MR) is 82.5 cm³/mol. The Morgan fingerprint density at radius 3 is 2.50 bits per heavy atom. The minimum Gasteiger partial charge on any atom is -0.481 e. The summed E-state index contributed by atoms with van der Waals surface area (Å²) in [6, 6.07) is 0. The number of ether oxygens (including phenoxy) is 2. The summed E-state index contributed by atoms with van der Waals surface area (Å²) in [4.78, 5) is 25.2. The molecule has 0 saturated carbocycles. The van der Waals surface area contributed by atoms with E-state index in [0.29, 0.717) is 26.0 Å². The van der Waals surface area contributed by atoms with Crippen molar-refractivity contribution >= 4 is 12.1 Å². The monoisotopic (exact) mass is 315 g/mol. The van der Waals surface area contributed by atoms with Crippen LogP contribution in [0, 0.1) is 11.8 Å². The molecule has 1 heterocycles. The molecule has 1 fully saturated rings. The maximum Gasteiger partial charge on any atom is 0.412 e. The summed E-state index contributed by atoms with van der Waals surface area (Å²) in [6.07, 6.45) is 0.635. The molecule has 2 atom stereocenters. The Morgan fingerprint density at radius 1 is 1.36 bits per heavy atom. The third-order valence-corrected chi connectivity index (χ3v) is 3.42. The van der Waals surface area contributed by atoms with E-state index >= 15 is 0 Å². The van der Waals surface area contributed by atoms with Gasteiger partial charge in [0.15, 0.2) is 0 Å². The highest BCUT2D eigenvalue weighted by Crippen LogP contribution is 2.24. The second-order valence-corrected chi connectivity index (χ2v) is 7.25. The van der Waals surface area contributed by atoms with Gasteiger partial charge in [0.25, 0.3) is 0 Å².